The summed E-state index contributed by atoms with van der Waals surface area (Å²) in [5.41, 5.74) is 4.09. The number of aryl methyl sites for hydroxylation is 2. The van der Waals surface area contributed by atoms with Gasteiger partial charge in [0.15, 0.2) is 11.3 Å². The largest absolute Gasteiger partial charge is 0.380 e. The van der Waals surface area contributed by atoms with Gasteiger partial charge in [-0.15, -0.1) is 0 Å². The monoisotopic (exact) mass is 421 g/mol. The fourth-order valence-corrected chi connectivity index (χ4v) is 4.47. The summed E-state index contributed by atoms with van der Waals surface area (Å²) >= 11 is 0. The van der Waals surface area contributed by atoms with Gasteiger partial charge in [-0.25, -0.2) is 19.3 Å². The minimum absolute atomic E-state index is 0.109. The number of anilines is 2. The number of imidazole rings is 1. The maximum Gasteiger partial charge on any atom is 0.349 e. The molecular weight excluding hydrogens is 398 g/mol. The van der Waals surface area contributed by atoms with Crippen molar-refractivity contribution in [2.75, 3.05) is 36.6 Å². The van der Waals surface area contributed by atoms with E-state index in [1.54, 1.807) is 27.0 Å². The quantitative estimate of drug-likeness (QED) is 0.522. The molecule has 1 spiro atoms. The van der Waals surface area contributed by atoms with Crippen LogP contribution >= 0.6 is 0 Å². The number of aromatic nitrogens is 7. The number of nitrogens with zero attached hydrogens (tertiary/aromatic N) is 8. The van der Waals surface area contributed by atoms with Crippen LogP contribution in [0.1, 0.15) is 18.4 Å². The molecule has 11 nitrogen and oxygen atoms in total. The normalized spacial score (nSPS) is 18.1. The van der Waals surface area contributed by atoms with Crippen LogP contribution < -0.4 is 16.0 Å². The third-order valence-electron chi connectivity index (χ3n) is 6.55. The molecule has 11 heteroatoms. The summed E-state index contributed by atoms with van der Waals surface area (Å²) in [7, 11) is 1.76. The zero-order valence-electron chi connectivity index (χ0n) is 17.4. The number of hydrogen-bond donors (Lipinski definition) is 1. The van der Waals surface area contributed by atoms with Crippen molar-refractivity contribution in [1.29, 1.82) is 0 Å². The smallest absolute Gasteiger partial charge is 0.349 e. The van der Waals surface area contributed by atoms with Crippen LogP contribution in [-0.4, -0.2) is 60.1 Å². The van der Waals surface area contributed by atoms with Crippen LogP contribution in [-0.2, 0) is 11.8 Å². The van der Waals surface area contributed by atoms with Crippen LogP contribution in [0.5, 0.6) is 0 Å². The maximum atomic E-state index is 13.0. The van der Waals surface area contributed by atoms with Crippen molar-refractivity contribution < 1.29 is 4.74 Å². The third-order valence-corrected chi connectivity index (χ3v) is 6.55. The molecule has 6 rings (SSSR count). The molecule has 31 heavy (non-hydrogen) atoms. The first kappa shape index (κ1) is 18.3. The van der Waals surface area contributed by atoms with E-state index >= 15 is 0 Å². The van der Waals surface area contributed by atoms with Crippen LogP contribution in [0, 0.1) is 12.3 Å². The summed E-state index contributed by atoms with van der Waals surface area (Å²) in [5.74, 6) is 0.426. The van der Waals surface area contributed by atoms with Crippen molar-refractivity contribution in [2.24, 2.45) is 12.5 Å². The van der Waals surface area contributed by atoms with Gasteiger partial charge >= 0.3 is 5.69 Å². The highest BCUT2D eigenvalue weighted by molar-refractivity contribution is 5.73. The minimum atomic E-state index is -0.109. The van der Waals surface area contributed by atoms with Gasteiger partial charge in [0, 0.05) is 25.6 Å². The van der Waals surface area contributed by atoms with Crippen LogP contribution in [0.3, 0.4) is 0 Å². The molecular formula is C20H23N9O2. The lowest BCUT2D eigenvalue weighted by Gasteiger charge is -2.47. The first-order chi connectivity index (χ1) is 15.0. The number of piperidine rings is 1. The lowest BCUT2D eigenvalue weighted by molar-refractivity contribution is -0.126. The zero-order chi connectivity index (χ0) is 21.2. The predicted octanol–water partition coefficient (Wildman–Crippen LogP) is 0.973. The van der Waals surface area contributed by atoms with Gasteiger partial charge in [-0.2, -0.15) is 14.8 Å². The highest BCUT2D eigenvalue weighted by Crippen LogP contribution is 2.38. The first-order valence-corrected chi connectivity index (χ1v) is 10.4. The first-order valence-electron chi connectivity index (χ1n) is 10.4. The second-order valence-electron chi connectivity index (χ2n) is 8.56. The van der Waals surface area contributed by atoms with Crippen LogP contribution in [0.15, 0.2) is 29.6 Å². The summed E-state index contributed by atoms with van der Waals surface area (Å²) in [6, 6.07) is 1.94. The summed E-state index contributed by atoms with van der Waals surface area (Å²) in [5, 5.41) is 9.55. The van der Waals surface area contributed by atoms with E-state index in [4.69, 9.17) is 9.72 Å². The summed E-state index contributed by atoms with van der Waals surface area (Å²) in [6.07, 6.45) is 7.10. The van der Waals surface area contributed by atoms with Crippen LogP contribution in [0.4, 0.5) is 11.6 Å². The highest BCUT2D eigenvalue weighted by atomic mass is 16.5. The van der Waals surface area contributed by atoms with E-state index in [0.717, 1.165) is 56.0 Å². The van der Waals surface area contributed by atoms with E-state index in [1.165, 1.54) is 6.33 Å². The van der Waals surface area contributed by atoms with Gasteiger partial charge in [-0.05, 0) is 31.4 Å². The average Bonchev–Trinajstić information content (AvgIpc) is 3.29. The maximum absolute atomic E-state index is 13.0. The average molecular weight is 421 g/mol. The van der Waals surface area contributed by atoms with Gasteiger partial charge in [-0.1, -0.05) is 0 Å². The minimum Gasteiger partial charge on any atom is -0.380 e. The number of hydrogen-bond acceptors (Lipinski definition) is 8. The van der Waals surface area contributed by atoms with Gasteiger partial charge in [-0.3, -0.25) is 4.57 Å². The lowest BCUT2D eigenvalue weighted by atomic mass is 9.77. The van der Waals surface area contributed by atoms with E-state index in [1.807, 2.05) is 19.2 Å². The van der Waals surface area contributed by atoms with Crippen molar-refractivity contribution in [2.45, 2.75) is 19.8 Å². The highest BCUT2D eigenvalue weighted by Gasteiger charge is 2.41. The molecule has 0 bridgehead atoms. The van der Waals surface area contributed by atoms with Gasteiger partial charge < -0.3 is 15.1 Å². The van der Waals surface area contributed by atoms with E-state index in [-0.39, 0.29) is 5.69 Å². The fraction of sp³-hybridized carbons (Fsp3) is 0.450. The van der Waals surface area contributed by atoms with E-state index < -0.39 is 0 Å². The van der Waals surface area contributed by atoms with Crippen molar-refractivity contribution in [3.05, 3.63) is 40.8 Å². The molecule has 2 saturated heterocycles. The summed E-state index contributed by atoms with van der Waals surface area (Å²) in [6.45, 7) is 5.25. The Labute approximate surface area is 177 Å². The Hall–Kier alpha value is -3.47. The third kappa shape index (κ3) is 2.80. The Morgan fingerprint density at radius 3 is 2.74 bits per heavy atom. The number of rotatable bonds is 3. The molecule has 0 aromatic carbocycles. The van der Waals surface area contributed by atoms with Crippen molar-refractivity contribution >= 4 is 28.4 Å². The SMILES string of the molecule is Cc1cc2ncnn2cc1Nc1ncc2c(n1)n(N1CCC3(CC1)COC3)c(=O)n2C. The molecule has 0 aliphatic carbocycles. The van der Waals surface area contributed by atoms with Crippen LogP contribution in [0.2, 0.25) is 0 Å². The van der Waals surface area contributed by atoms with Crippen LogP contribution in [0.25, 0.3) is 16.8 Å². The second-order valence-corrected chi connectivity index (χ2v) is 8.56. The molecule has 2 aliphatic heterocycles. The van der Waals surface area contributed by atoms with Crippen molar-refractivity contribution in [3.63, 3.8) is 0 Å². The van der Waals surface area contributed by atoms with E-state index in [2.05, 4.69) is 25.4 Å². The lowest BCUT2D eigenvalue weighted by Crippen LogP contribution is -2.55. The number of nitrogens with one attached hydrogen (secondary N) is 1. The topological polar surface area (TPSA) is 107 Å². The standard InChI is InChI=1S/C20H23N9O2/c1-13-7-16-22-12-23-28(16)9-14(13)24-18-21-8-15-17(25-18)29(19(30)26(15)2)27-5-3-20(4-6-27)10-31-11-20/h7-9,12H,3-6,10-11H2,1-2H3,(H,21,24,25). The molecule has 2 fully saturated rings. The zero-order valence-corrected chi connectivity index (χ0v) is 17.4. The Bertz CT molecular complexity index is 1350. The van der Waals surface area contributed by atoms with E-state index in [9.17, 15) is 4.79 Å². The number of pyridine rings is 1. The molecule has 160 valence electrons. The Kier molecular flexibility index (Phi) is 3.85. The molecule has 0 radical (unpaired) electrons. The van der Waals surface area contributed by atoms with E-state index in [0.29, 0.717) is 22.5 Å². The number of fused-ring (bicyclic) bond motifs is 2. The Balaban J connectivity index is 1.37. The van der Waals surface area contributed by atoms with Gasteiger partial charge in [0.2, 0.25) is 5.95 Å². The van der Waals surface area contributed by atoms with Gasteiger partial charge in [0.25, 0.3) is 0 Å². The van der Waals surface area contributed by atoms with Gasteiger partial charge in [0.05, 0.1) is 31.3 Å². The molecule has 0 unspecified atom stereocenters. The molecule has 4 aromatic rings. The molecule has 0 amide bonds. The second kappa shape index (κ2) is 6.51. The Morgan fingerprint density at radius 2 is 2.00 bits per heavy atom. The summed E-state index contributed by atoms with van der Waals surface area (Å²) in [4.78, 5) is 26.4. The molecule has 2 aliphatic rings. The van der Waals surface area contributed by atoms with Crippen molar-refractivity contribution in [3.8, 4) is 0 Å². The predicted molar refractivity (Wildman–Crippen MR) is 114 cm³/mol. The molecule has 1 N–H and O–H groups in total. The molecule has 0 atom stereocenters. The fourth-order valence-electron chi connectivity index (χ4n) is 4.47. The molecule has 6 heterocycles. The number of ether oxygens (including phenoxy) is 1. The van der Waals surface area contributed by atoms with Gasteiger partial charge in [0.1, 0.15) is 11.8 Å². The molecule has 0 saturated carbocycles. The Morgan fingerprint density at radius 1 is 1.19 bits per heavy atom. The van der Waals surface area contributed by atoms with Crippen molar-refractivity contribution in [1.82, 2.24) is 33.8 Å². The summed E-state index contributed by atoms with van der Waals surface area (Å²) < 4.78 is 10.4. The molecule has 4 aromatic heterocycles.